The molecule has 1 aromatic carbocycles. The molecule has 0 aliphatic rings. The van der Waals surface area contributed by atoms with Crippen molar-refractivity contribution in [1.29, 1.82) is 5.26 Å². The third-order valence-electron chi connectivity index (χ3n) is 3.22. The highest BCUT2D eigenvalue weighted by Gasteiger charge is 2.16. The van der Waals surface area contributed by atoms with Crippen molar-refractivity contribution in [2.24, 2.45) is 0 Å². The minimum atomic E-state index is 0.696. The molecule has 0 saturated carbocycles. The monoisotopic (exact) mass is 238 g/mol. The Balaban J connectivity index is 2.61. The van der Waals surface area contributed by atoms with E-state index >= 15 is 0 Å². The van der Waals surface area contributed by atoms with Crippen molar-refractivity contribution in [2.75, 3.05) is 0 Å². The number of nitriles is 1. The molecule has 0 radical (unpaired) electrons. The van der Waals surface area contributed by atoms with Crippen molar-refractivity contribution in [2.45, 2.75) is 33.1 Å². The van der Waals surface area contributed by atoms with Gasteiger partial charge in [0.25, 0.3) is 0 Å². The Labute approximate surface area is 108 Å². The van der Waals surface area contributed by atoms with E-state index in [-0.39, 0.29) is 0 Å². The van der Waals surface area contributed by atoms with Crippen molar-refractivity contribution in [3.63, 3.8) is 0 Å². The van der Waals surface area contributed by atoms with Gasteiger partial charge in [-0.25, -0.2) is 0 Å². The van der Waals surface area contributed by atoms with Gasteiger partial charge in [-0.2, -0.15) is 5.26 Å². The SMILES string of the molecule is CCCc1[nH]c(C#N)c(-c2ccccc2)c1CC. The topological polar surface area (TPSA) is 39.6 Å². The van der Waals surface area contributed by atoms with Crippen LogP contribution < -0.4 is 0 Å². The summed E-state index contributed by atoms with van der Waals surface area (Å²) in [5.41, 5.74) is 5.42. The van der Waals surface area contributed by atoms with E-state index in [1.807, 2.05) is 18.2 Å². The summed E-state index contributed by atoms with van der Waals surface area (Å²) in [7, 11) is 0. The number of aromatic nitrogens is 1. The summed E-state index contributed by atoms with van der Waals surface area (Å²) in [5.74, 6) is 0. The molecular weight excluding hydrogens is 220 g/mol. The molecule has 92 valence electrons. The molecule has 2 heteroatoms. The van der Waals surface area contributed by atoms with E-state index in [0.717, 1.165) is 30.4 Å². The van der Waals surface area contributed by atoms with Gasteiger partial charge < -0.3 is 4.98 Å². The number of hydrogen-bond acceptors (Lipinski definition) is 1. The van der Waals surface area contributed by atoms with E-state index < -0.39 is 0 Å². The summed E-state index contributed by atoms with van der Waals surface area (Å²) in [5, 5.41) is 9.30. The van der Waals surface area contributed by atoms with Crippen LogP contribution in [0.5, 0.6) is 0 Å². The summed E-state index contributed by atoms with van der Waals surface area (Å²) >= 11 is 0. The van der Waals surface area contributed by atoms with Crippen molar-refractivity contribution in [3.05, 3.63) is 47.3 Å². The van der Waals surface area contributed by atoms with Crippen LogP contribution in [0.2, 0.25) is 0 Å². The summed E-state index contributed by atoms with van der Waals surface area (Å²) < 4.78 is 0. The highest BCUT2D eigenvalue weighted by Crippen LogP contribution is 2.31. The quantitative estimate of drug-likeness (QED) is 0.857. The van der Waals surface area contributed by atoms with Gasteiger partial charge in [0.2, 0.25) is 0 Å². The number of aryl methyl sites for hydroxylation is 1. The Hall–Kier alpha value is -2.01. The zero-order chi connectivity index (χ0) is 13.0. The zero-order valence-corrected chi connectivity index (χ0v) is 11.0. The Kier molecular flexibility index (Phi) is 3.84. The molecule has 0 atom stereocenters. The fourth-order valence-electron chi connectivity index (χ4n) is 2.45. The third-order valence-corrected chi connectivity index (χ3v) is 3.22. The fraction of sp³-hybridized carbons (Fsp3) is 0.312. The number of rotatable bonds is 4. The van der Waals surface area contributed by atoms with Crippen LogP contribution in [0.1, 0.15) is 37.2 Å². The molecule has 0 bridgehead atoms. The number of H-pyrrole nitrogens is 1. The van der Waals surface area contributed by atoms with E-state index in [1.165, 1.54) is 11.3 Å². The fourth-order valence-corrected chi connectivity index (χ4v) is 2.45. The van der Waals surface area contributed by atoms with E-state index in [4.69, 9.17) is 0 Å². The van der Waals surface area contributed by atoms with Gasteiger partial charge >= 0.3 is 0 Å². The van der Waals surface area contributed by atoms with Crippen molar-refractivity contribution in [1.82, 2.24) is 4.98 Å². The number of nitrogens with zero attached hydrogens (tertiary/aromatic N) is 1. The lowest BCUT2D eigenvalue weighted by Gasteiger charge is -2.04. The normalized spacial score (nSPS) is 10.3. The van der Waals surface area contributed by atoms with E-state index in [2.05, 4.69) is 37.0 Å². The van der Waals surface area contributed by atoms with E-state index in [0.29, 0.717) is 5.69 Å². The molecule has 0 amide bonds. The summed E-state index contributed by atoms with van der Waals surface area (Å²) in [6, 6.07) is 12.5. The molecule has 18 heavy (non-hydrogen) atoms. The highest BCUT2D eigenvalue weighted by molar-refractivity contribution is 5.74. The van der Waals surface area contributed by atoms with Crippen LogP contribution in [-0.4, -0.2) is 4.98 Å². The molecule has 2 nitrogen and oxygen atoms in total. The maximum absolute atomic E-state index is 9.30. The number of nitrogens with one attached hydrogen (secondary N) is 1. The van der Waals surface area contributed by atoms with Crippen LogP contribution >= 0.6 is 0 Å². The molecule has 1 N–H and O–H groups in total. The first-order valence-corrected chi connectivity index (χ1v) is 6.51. The molecule has 2 aromatic rings. The second-order valence-corrected chi connectivity index (χ2v) is 4.41. The molecule has 0 aliphatic heterocycles. The van der Waals surface area contributed by atoms with Gasteiger partial charge in [0, 0.05) is 11.3 Å². The maximum Gasteiger partial charge on any atom is 0.126 e. The van der Waals surface area contributed by atoms with Crippen LogP contribution in [0.3, 0.4) is 0 Å². The first-order valence-electron chi connectivity index (χ1n) is 6.51. The van der Waals surface area contributed by atoms with Crippen LogP contribution in [0, 0.1) is 11.3 Å². The van der Waals surface area contributed by atoms with Crippen LogP contribution in [-0.2, 0) is 12.8 Å². The summed E-state index contributed by atoms with van der Waals surface area (Å²) in [6.45, 7) is 4.31. The average molecular weight is 238 g/mol. The zero-order valence-electron chi connectivity index (χ0n) is 11.0. The largest absolute Gasteiger partial charge is 0.350 e. The minimum absolute atomic E-state index is 0.696. The van der Waals surface area contributed by atoms with Gasteiger partial charge in [-0.15, -0.1) is 0 Å². The smallest absolute Gasteiger partial charge is 0.126 e. The Morgan fingerprint density at radius 2 is 1.89 bits per heavy atom. The third kappa shape index (κ3) is 2.17. The molecule has 0 saturated heterocycles. The predicted octanol–water partition coefficient (Wildman–Crippen LogP) is 4.07. The standard InChI is InChI=1S/C16H18N2/c1-3-8-14-13(4-2)16(15(11-17)18-14)12-9-6-5-7-10-12/h5-7,9-10,18H,3-4,8H2,1-2H3. The van der Waals surface area contributed by atoms with Gasteiger partial charge in [-0.05, 0) is 24.0 Å². The second kappa shape index (κ2) is 5.55. The van der Waals surface area contributed by atoms with Crippen LogP contribution in [0.25, 0.3) is 11.1 Å². The first-order chi connectivity index (χ1) is 8.81. The van der Waals surface area contributed by atoms with Crippen LogP contribution in [0.4, 0.5) is 0 Å². The molecule has 0 unspecified atom stereocenters. The molecular formula is C16H18N2. The molecule has 1 heterocycles. The van der Waals surface area contributed by atoms with Gasteiger partial charge in [0.15, 0.2) is 0 Å². The number of benzene rings is 1. The van der Waals surface area contributed by atoms with Crippen molar-refractivity contribution in [3.8, 4) is 17.2 Å². The first kappa shape index (κ1) is 12.4. The summed E-state index contributed by atoms with van der Waals surface area (Å²) in [6.07, 6.45) is 3.05. The van der Waals surface area contributed by atoms with E-state index in [9.17, 15) is 5.26 Å². The average Bonchev–Trinajstić information content (AvgIpc) is 2.78. The Morgan fingerprint density at radius 3 is 2.44 bits per heavy atom. The molecule has 0 spiro atoms. The molecule has 0 fully saturated rings. The van der Waals surface area contributed by atoms with Crippen molar-refractivity contribution < 1.29 is 0 Å². The minimum Gasteiger partial charge on any atom is -0.350 e. The van der Waals surface area contributed by atoms with Crippen LogP contribution in [0.15, 0.2) is 30.3 Å². The number of aromatic amines is 1. The van der Waals surface area contributed by atoms with Gasteiger partial charge in [-0.1, -0.05) is 50.6 Å². The Morgan fingerprint density at radius 1 is 1.17 bits per heavy atom. The van der Waals surface area contributed by atoms with Crippen molar-refractivity contribution >= 4 is 0 Å². The highest BCUT2D eigenvalue weighted by atomic mass is 14.7. The van der Waals surface area contributed by atoms with E-state index in [1.54, 1.807) is 0 Å². The summed E-state index contributed by atoms with van der Waals surface area (Å²) in [4.78, 5) is 3.29. The lowest BCUT2D eigenvalue weighted by atomic mass is 9.97. The number of hydrogen-bond donors (Lipinski definition) is 1. The van der Waals surface area contributed by atoms with Gasteiger partial charge in [-0.3, -0.25) is 0 Å². The lowest BCUT2D eigenvalue weighted by molar-refractivity contribution is 0.872. The predicted molar refractivity (Wildman–Crippen MR) is 74.3 cm³/mol. The van der Waals surface area contributed by atoms with Gasteiger partial charge in [0.1, 0.15) is 11.8 Å². The second-order valence-electron chi connectivity index (χ2n) is 4.41. The molecule has 1 aromatic heterocycles. The maximum atomic E-state index is 9.30. The molecule has 2 rings (SSSR count). The molecule has 0 aliphatic carbocycles. The van der Waals surface area contributed by atoms with Gasteiger partial charge in [0.05, 0.1) is 0 Å². The lowest BCUT2D eigenvalue weighted by Crippen LogP contribution is -1.90. The Bertz CT molecular complexity index is 559.